The molecule has 1 aromatic carbocycles. The summed E-state index contributed by atoms with van der Waals surface area (Å²) in [5, 5.41) is 5.96. The second-order valence-corrected chi connectivity index (χ2v) is 7.53. The van der Waals surface area contributed by atoms with Crippen molar-refractivity contribution < 1.29 is 0 Å². The number of aryl methyl sites for hydroxylation is 1. The van der Waals surface area contributed by atoms with E-state index in [1.807, 2.05) is 11.3 Å². The maximum atomic E-state index is 3.67. The van der Waals surface area contributed by atoms with E-state index in [4.69, 9.17) is 0 Å². The average Bonchev–Trinajstić information content (AvgIpc) is 3.16. The molecule has 1 N–H and O–H groups in total. The van der Waals surface area contributed by atoms with Gasteiger partial charge in [0.2, 0.25) is 0 Å². The third-order valence-electron chi connectivity index (χ3n) is 5.39. The largest absolute Gasteiger partial charge is 0.316 e. The lowest BCUT2D eigenvalue weighted by atomic mass is 9.80. The van der Waals surface area contributed by atoms with Gasteiger partial charge in [-0.3, -0.25) is 0 Å². The summed E-state index contributed by atoms with van der Waals surface area (Å²) in [5.74, 6) is 2.31. The first-order valence-electron chi connectivity index (χ1n) is 8.17. The van der Waals surface area contributed by atoms with Crippen molar-refractivity contribution in [3.05, 3.63) is 57.8 Å². The molecule has 2 aliphatic carbocycles. The van der Waals surface area contributed by atoms with Crippen LogP contribution in [0.2, 0.25) is 0 Å². The first-order valence-corrected chi connectivity index (χ1v) is 9.05. The highest BCUT2D eigenvalue weighted by Gasteiger charge is 2.46. The van der Waals surface area contributed by atoms with E-state index in [1.54, 1.807) is 10.4 Å². The Morgan fingerprint density at radius 2 is 2.05 bits per heavy atom. The fourth-order valence-corrected chi connectivity index (χ4v) is 5.30. The molecule has 0 saturated heterocycles. The lowest BCUT2D eigenvalue weighted by Gasteiger charge is -2.31. The highest BCUT2D eigenvalue weighted by atomic mass is 32.1. The molecule has 2 aromatic rings. The molecule has 1 saturated carbocycles. The van der Waals surface area contributed by atoms with E-state index in [0.29, 0.717) is 6.04 Å². The molecule has 1 aromatic heterocycles. The minimum Gasteiger partial charge on any atom is -0.316 e. The monoisotopic (exact) mass is 297 g/mol. The van der Waals surface area contributed by atoms with Crippen LogP contribution in [0.3, 0.4) is 0 Å². The van der Waals surface area contributed by atoms with Crippen LogP contribution in [0.4, 0.5) is 0 Å². The maximum absolute atomic E-state index is 3.67. The average molecular weight is 297 g/mol. The van der Waals surface area contributed by atoms with Crippen molar-refractivity contribution >= 4 is 11.3 Å². The summed E-state index contributed by atoms with van der Waals surface area (Å²) in [6.45, 7) is 0. The lowest BCUT2D eigenvalue weighted by molar-refractivity contribution is 0.376. The van der Waals surface area contributed by atoms with E-state index >= 15 is 0 Å². The second-order valence-electron chi connectivity index (χ2n) is 6.53. The SMILES string of the molecule is CNC(C1CCCc2sccc21)C1CC1c1ccccc1. The van der Waals surface area contributed by atoms with Crippen LogP contribution >= 0.6 is 11.3 Å². The normalized spacial score (nSPS) is 28.9. The number of nitrogens with one attached hydrogen (secondary N) is 1. The molecule has 0 radical (unpaired) electrons. The fraction of sp³-hybridized carbons (Fsp3) is 0.474. The maximum Gasteiger partial charge on any atom is 0.0167 e. The quantitative estimate of drug-likeness (QED) is 0.872. The summed E-state index contributed by atoms with van der Waals surface area (Å²) in [6, 6.07) is 14.1. The molecule has 1 nitrogen and oxygen atoms in total. The number of thiophene rings is 1. The van der Waals surface area contributed by atoms with Crippen molar-refractivity contribution in [3.63, 3.8) is 0 Å². The summed E-state index contributed by atoms with van der Waals surface area (Å²) in [5.41, 5.74) is 3.17. The molecular formula is C19H23NS. The number of hydrogen-bond donors (Lipinski definition) is 1. The summed E-state index contributed by atoms with van der Waals surface area (Å²) in [4.78, 5) is 1.64. The molecule has 4 unspecified atom stereocenters. The first kappa shape index (κ1) is 13.5. The first-order chi connectivity index (χ1) is 10.4. The third-order valence-corrected chi connectivity index (χ3v) is 6.39. The molecule has 4 atom stereocenters. The van der Waals surface area contributed by atoms with E-state index in [-0.39, 0.29) is 0 Å². The van der Waals surface area contributed by atoms with E-state index in [0.717, 1.165) is 17.8 Å². The number of fused-ring (bicyclic) bond motifs is 1. The van der Waals surface area contributed by atoms with Gasteiger partial charge in [0, 0.05) is 16.8 Å². The van der Waals surface area contributed by atoms with Crippen LogP contribution < -0.4 is 5.32 Å². The van der Waals surface area contributed by atoms with E-state index in [2.05, 4.69) is 54.1 Å². The number of benzene rings is 1. The molecule has 0 aliphatic heterocycles. The van der Waals surface area contributed by atoms with Crippen molar-refractivity contribution in [2.45, 2.75) is 43.6 Å². The van der Waals surface area contributed by atoms with Crippen molar-refractivity contribution in [2.24, 2.45) is 5.92 Å². The van der Waals surface area contributed by atoms with Gasteiger partial charge in [-0.05, 0) is 67.1 Å². The van der Waals surface area contributed by atoms with Crippen LogP contribution in [-0.2, 0) is 6.42 Å². The smallest absolute Gasteiger partial charge is 0.0167 e. The molecular weight excluding hydrogens is 274 g/mol. The molecule has 4 rings (SSSR count). The zero-order chi connectivity index (χ0) is 14.2. The lowest BCUT2D eigenvalue weighted by Crippen LogP contribution is -2.36. The molecule has 0 bridgehead atoms. The number of likely N-dealkylation sites (N-methyl/N-ethyl adjacent to an activating group) is 1. The van der Waals surface area contributed by atoms with Gasteiger partial charge in [0.15, 0.2) is 0 Å². The van der Waals surface area contributed by atoms with Crippen LogP contribution in [0.15, 0.2) is 41.8 Å². The second kappa shape index (κ2) is 5.58. The molecule has 110 valence electrons. The summed E-state index contributed by atoms with van der Waals surface area (Å²) >= 11 is 1.96. The van der Waals surface area contributed by atoms with Crippen molar-refractivity contribution in [3.8, 4) is 0 Å². The summed E-state index contributed by atoms with van der Waals surface area (Å²) in [7, 11) is 2.16. The highest BCUT2D eigenvalue weighted by Crippen LogP contribution is 2.53. The molecule has 21 heavy (non-hydrogen) atoms. The van der Waals surface area contributed by atoms with Gasteiger partial charge >= 0.3 is 0 Å². The number of rotatable bonds is 4. The molecule has 0 spiro atoms. The molecule has 1 heterocycles. The van der Waals surface area contributed by atoms with Crippen LogP contribution in [-0.4, -0.2) is 13.1 Å². The van der Waals surface area contributed by atoms with Gasteiger partial charge in [-0.15, -0.1) is 11.3 Å². The molecule has 0 amide bonds. The van der Waals surface area contributed by atoms with Crippen molar-refractivity contribution in [1.29, 1.82) is 0 Å². The zero-order valence-electron chi connectivity index (χ0n) is 12.6. The van der Waals surface area contributed by atoms with Gasteiger partial charge in [0.1, 0.15) is 0 Å². The van der Waals surface area contributed by atoms with Gasteiger partial charge in [-0.2, -0.15) is 0 Å². The Bertz CT molecular complexity index is 603. The Balaban J connectivity index is 1.55. The fourth-order valence-electron chi connectivity index (χ4n) is 4.30. The predicted molar refractivity (Wildman–Crippen MR) is 90.1 cm³/mol. The van der Waals surface area contributed by atoms with Crippen LogP contribution in [0.25, 0.3) is 0 Å². The van der Waals surface area contributed by atoms with Gasteiger partial charge in [0.25, 0.3) is 0 Å². The van der Waals surface area contributed by atoms with Crippen molar-refractivity contribution in [2.75, 3.05) is 7.05 Å². The van der Waals surface area contributed by atoms with Gasteiger partial charge in [0.05, 0.1) is 0 Å². The van der Waals surface area contributed by atoms with Crippen molar-refractivity contribution in [1.82, 2.24) is 5.32 Å². The minimum atomic E-state index is 0.642. The zero-order valence-corrected chi connectivity index (χ0v) is 13.4. The molecule has 2 aliphatic rings. The Kier molecular flexibility index (Phi) is 3.60. The van der Waals surface area contributed by atoms with E-state index in [9.17, 15) is 0 Å². The van der Waals surface area contributed by atoms with E-state index in [1.165, 1.54) is 31.2 Å². The Labute approximate surface area is 131 Å². The van der Waals surface area contributed by atoms with Crippen LogP contribution in [0.1, 0.15) is 47.1 Å². The van der Waals surface area contributed by atoms with Gasteiger partial charge < -0.3 is 5.32 Å². The molecule has 2 heteroatoms. The Morgan fingerprint density at radius 3 is 2.86 bits per heavy atom. The standard InChI is InChI=1S/C19H23NS/c1-20-19(15-8-5-9-18-14(15)10-11-21-18)17-12-16(17)13-6-3-2-4-7-13/h2-4,6-7,10-11,15-17,19-20H,5,8-9,12H2,1H3. The van der Waals surface area contributed by atoms with E-state index < -0.39 is 0 Å². The topological polar surface area (TPSA) is 12.0 Å². The highest BCUT2D eigenvalue weighted by molar-refractivity contribution is 7.10. The van der Waals surface area contributed by atoms with Crippen LogP contribution in [0, 0.1) is 5.92 Å². The third kappa shape index (κ3) is 2.45. The summed E-state index contributed by atoms with van der Waals surface area (Å²) in [6.07, 6.45) is 5.37. The minimum absolute atomic E-state index is 0.642. The molecule has 1 fully saturated rings. The number of hydrogen-bond acceptors (Lipinski definition) is 2. The van der Waals surface area contributed by atoms with Crippen LogP contribution in [0.5, 0.6) is 0 Å². The Hall–Kier alpha value is -1.12. The summed E-state index contributed by atoms with van der Waals surface area (Å²) < 4.78 is 0. The van der Waals surface area contributed by atoms with Gasteiger partial charge in [-0.1, -0.05) is 30.3 Å². The Morgan fingerprint density at radius 1 is 1.19 bits per heavy atom. The van der Waals surface area contributed by atoms with Gasteiger partial charge in [-0.25, -0.2) is 0 Å². The predicted octanol–water partition coefficient (Wildman–Crippen LogP) is 4.56.